The minimum atomic E-state index is 0.314. The fourth-order valence-electron chi connectivity index (χ4n) is 3.06. The molecule has 3 rings (SSSR count). The summed E-state index contributed by atoms with van der Waals surface area (Å²) in [4.78, 5) is 3.98. The third-order valence-corrected chi connectivity index (χ3v) is 5.48. The number of thioether (sulfide) groups is 1. The van der Waals surface area contributed by atoms with Crippen LogP contribution in [0.5, 0.6) is 0 Å². The highest BCUT2D eigenvalue weighted by atomic mass is 32.2. The monoisotopic (exact) mass is 265 g/mol. The molecule has 1 heterocycles. The van der Waals surface area contributed by atoms with Gasteiger partial charge in [0.2, 0.25) is 0 Å². The van der Waals surface area contributed by atoms with Gasteiger partial charge in [0, 0.05) is 10.9 Å². The molecule has 1 aliphatic heterocycles. The summed E-state index contributed by atoms with van der Waals surface area (Å²) >= 11 is 6.68. The van der Waals surface area contributed by atoms with Crippen molar-refractivity contribution in [1.82, 2.24) is 0 Å². The number of rotatable bonds is 1. The van der Waals surface area contributed by atoms with Crippen LogP contribution < -0.4 is 4.90 Å². The first-order chi connectivity index (χ1) is 8.27. The lowest BCUT2D eigenvalue weighted by Gasteiger charge is -2.36. The van der Waals surface area contributed by atoms with Crippen molar-refractivity contribution >= 4 is 30.1 Å². The predicted molar refractivity (Wildman–Crippen MR) is 79.2 cm³/mol. The average molecular weight is 265 g/mol. The summed E-state index contributed by atoms with van der Waals surface area (Å²) in [6.07, 6.45) is 6.85. The van der Waals surface area contributed by atoms with Crippen LogP contribution in [0.2, 0.25) is 0 Å². The molecule has 0 aromatic heterocycles. The molecule has 1 aliphatic carbocycles. The lowest BCUT2D eigenvalue weighted by molar-refractivity contribution is 0.422. The summed E-state index contributed by atoms with van der Waals surface area (Å²) in [7, 11) is 0. The van der Waals surface area contributed by atoms with Gasteiger partial charge in [0.05, 0.1) is 5.69 Å². The molecule has 0 N–H and O–H groups in total. The molecule has 3 heteroatoms. The van der Waals surface area contributed by atoms with Crippen LogP contribution >= 0.6 is 24.4 Å². The Morgan fingerprint density at radius 1 is 1.24 bits per heavy atom. The topological polar surface area (TPSA) is 3.24 Å². The van der Waals surface area contributed by atoms with Gasteiger partial charge in [-0.1, -0.05) is 43.2 Å². The van der Waals surface area contributed by atoms with Crippen LogP contribution in [0.1, 0.15) is 37.7 Å². The van der Waals surface area contributed by atoms with Crippen LogP contribution in [0.15, 0.2) is 23.1 Å². The summed E-state index contributed by atoms with van der Waals surface area (Å²) in [5.41, 5.74) is 2.85. The highest BCUT2D eigenvalue weighted by Crippen LogP contribution is 2.49. The highest BCUT2D eigenvalue weighted by Gasteiger charge is 2.34. The van der Waals surface area contributed by atoms with E-state index in [1.807, 2.05) is 11.8 Å². The Morgan fingerprint density at radius 3 is 2.76 bits per heavy atom. The largest absolute Gasteiger partial charge is 0.347 e. The van der Waals surface area contributed by atoms with E-state index in [1.54, 1.807) is 0 Å². The van der Waals surface area contributed by atoms with Gasteiger partial charge in [0.25, 0.3) is 0 Å². The van der Waals surface area contributed by atoms with E-state index in [0.717, 1.165) is 0 Å². The SMILES string of the molecule is Cc1cccc2c1N(C1CCCCC1)C(S)S2. The minimum Gasteiger partial charge on any atom is -0.347 e. The molecule has 0 radical (unpaired) electrons. The second-order valence-electron chi connectivity index (χ2n) is 5.06. The first kappa shape index (κ1) is 11.8. The number of aryl methyl sites for hydroxylation is 1. The van der Waals surface area contributed by atoms with Crippen molar-refractivity contribution < 1.29 is 0 Å². The molecule has 1 aromatic rings. The third-order valence-electron chi connectivity index (χ3n) is 3.90. The van der Waals surface area contributed by atoms with E-state index in [1.165, 1.54) is 48.3 Å². The zero-order chi connectivity index (χ0) is 11.8. The quantitative estimate of drug-likeness (QED) is 0.747. The molecule has 1 atom stereocenters. The van der Waals surface area contributed by atoms with E-state index in [0.29, 0.717) is 10.7 Å². The second-order valence-corrected chi connectivity index (χ2v) is 7.03. The lowest BCUT2D eigenvalue weighted by Crippen LogP contribution is -2.38. The Bertz CT molecular complexity index is 413. The molecule has 1 nitrogen and oxygen atoms in total. The van der Waals surface area contributed by atoms with Gasteiger partial charge in [0.1, 0.15) is 4.71 Å². The summed E-state index contributed by atoms with van der Waals surface area (Å²) in [5, 5.41) is 0. The Morgan fingerprint density at radius 2 is 2.00 bits per heavy atom. The van der Waals surface area contributed by atoms with Crippen molar-refractivity contribution in [2.45, 2.75) is 54.7 Å². The van der Waals surface area contributed by atoms with Crippen molar-refractivity contribution in [2.24, 2.45) is 0 Å². The zero-order valence-electron chi connectivity index (χ0n) is 10.2. The molecule has 0 bridgehead atoms. The molecule has 1 unspecified atom stereocenters. The van der Waals surface area contributed by atoms with Crippen LogP contribution in [-0.2, 0) is 0 Å². The van der Waals surface area contributed by atoms with E-state index in [4.69, 9.17) is 12.6 Å². The molecular weight excluding hydrogens is 246 g/mol. The van der Waals surface area contributed by atoms with Crippen molar-refractivity contribution in [3.8, 4) is 0 Å². The summed E-state index contributed by atoms with van der Waals surface area (Å²) in [6.45, 7) is 2.22. The maximum atomic E-state index is 4.78. The van der Waals surface area contributed by atoms with Crippen molar-refractivity contribution in [1.29, 1.82) is 0 Å². The molecule has 1 saturated carbocycles. The van der Waals surface area contributed by atoms with E-state index < -0.39 is 0 Å². The fraction of sp³-hybridized carbons (Fsp3) is 0.571. The van der Waals surface area contributed by atoms with E-state index >= 15 is 0 Å². The standard InChI is InChI=1S/C14H19NS2/c1-10-6-5-9-12-13(10)15(14(16)17-12)11-7-3-2-4-8-11/h5-6,9,11,14,16H,2-4,7-8H2,1H3. The van der Waals surface area contributed by atoms with Crippen LogP contribution in [-0.4, -0.2) is 10.7 Å². The van der Waals surface area contributed by atoms with Crippen LogP contribution in [0.4, 0.5) is 5.69 Å². The molecule has 2 aliphatic rings. The lowest BCUT2D eigenvalue weighted by atomic mass is 9.94. The average Bonchev–Trinajstić information content (AvgIpc) is 2.68. The van der Waals surface area contributed by atoms with E-state index in [2.05, 4.69) is 30.0 Å². The Balaban J connectivity index is 1.95. The number of hydrogen-bond donors (Lipinski definition) is 1. The van der Waals surface area contributed by atoms with E-state index in [-0.39, 0.29) is 0 Å². The summed E-state index contributed by atoms with van der Waals surface area (Å²) in [5.74, 6) is 0. The number of benzene rings is 1. The molecular formula is C14H19NS2. The number of para-hydroxylation sites is 1. The van der Waals surface area contributed by atoms with Gasteiger partial charge in [-0.2, -0.15) is 0 Å². The number of hydrogen-bond acceptors (Lipinski definition) is 3. The van der Waals surface area contributed by atoms with Crippen LogP contribution in [0.25, 0.3) is 0 Å². The van der Waals surface area contributed by atoms with Gasteiger partial charge in [-0.25, -0.2) is 0 Å². The summed E-state index contributed by atoms with van der Waals surface area (Å²) in [6, 6.07) is 7.33. The van der Waals surface area contributed by atoms with Crippen molar-refractivity contribution in [3.05, 3.63) is 23.8 Å². The molecule has 17 heavy (non-hydrogen) atoms. The third kappa shape index (κ3) is 2.08. The molecule has 0 amide bonds. The number of fused-ring (bicyclic) bond motifs is 1. The smallest absolute Gasteiger partial charge is 0.124 e. The minimum absolute atomic E-state index is 0.314. The maximum absolute atomic E-state index is 4.78. The predicted octanol–water partition coefficient (Wildman–Crippen LogP) is 4.45. The van der Waals surface area contributed by atoms with Gasteiger partial charge in [-0.3, -0.25) is 0 Å². The van der Waals surface area contributed by atoms with E-state index in [9.17, 15) is 0 Å². The Labute approximate surface area is 113 Å². The second kappa shape index (κ2) is 4.77. The zero-order valence-corrected chi connectivity index (χ0v) is 11.9. The van der Waals surface area contributed by atoms with Gasteiger partial charge >= 0.3 is 0 Å². The number of anilines is 1. The first-order valence-corrected chi connectivity index (χ1v) is 7.89. The fourth-order valence-corrected chi connectivity index (χ4v) is 4.86. The number of thiol groups is 1. The van der Waals surface area contributed by atoms with Gasteiger partial charge in [0.15, 0.2) is 0 Å². The Hall–Kier alpha value is -0.280. The van der Waals surface area contributed by atoms with Gasteiger partial charge in [-0.05, 0) is 31.4 Å². The van der Waals surface area contributed by atoms with Crippen molar-refractivity contribution in [2.75, 3.05) is 4.90 Å². The van der Waals surface area contributed by atoms with Crippen molar-refractivity contribution in [3.63, 3.8) is 0 Å². The number of nitrogens with zero attached hydrogens (tertiary/aromatic N) is 1. The molecule has 0 spiro atoms. The maximum Gasteiger partial charge on any atom is 0.124 e. The molecule has 1 aromatic carbocycles. The molecule has 1 fully saturated rings. The molecule has 92 valence electrons. The Kier molecular flexibility index (Phi) is 3.31. The van der Waals surface area contributed by atoms with Gasteiger partial charge in [-0.15, -0.1) is 12.6 Å². The summed E-state index contributed by atoms with van der Waals surface area (Å²) < 4.78 is 0.314. The van der Waals surface area contributed by atoms with Crippen LogP contribution in [0, 0.1) is 6.92 Å². The van der Waals surface area contributed by atoms with Crippen LogP contribution in [0.3, 0.4) is 0 Å². The highest BCUT2D eigenvalue weighted by molar-refractivity contribution is 8.11. The molecule has 0 saturated heterocycles. The normalized spacial score (nSPS) is 25.1. The first-order valence-electron chi connectivity index (χ1n) is 6.50. The van der Waals surface area contributed by atoms with Gasteiger partial charge < -0.3 is 4.90 Å².